The summed E-state index contributed by atoms with van der Waals surface area (Å²) in [6, 6.07) is 2.84. The standard InChI is InChI=1S/C15H15FN4O2/c16-13-2-1-5-19-14(13)22-12-3-6-20(7-4-12)15(21)11-8-17-10-18-9-11/h1-2,5,8-10,12H,3-4,6-7H2. The second-order valence-electron chi connectivity index (χ2n) is 5.03. The van der Waals surface area contributed by atoms with Crippen molar-refractivity contribution < 1.29 is 13.9 Å². The van der Waals surface area contributed by atoms with Gasteiger partial charge in [-0.1, -0.05) is 0 Å². The molecule has 0 saturated carbocycles. The molecule has 2 aromatic rings. The predicted molar refractivity (Wildman–Crippen MR) is 75.8 cm³/mol. The summed E-state index contributed by atoms with van der Waals surface area (Å²) in [6.45, 7) is 1.10. The number of carbonyl (C=O) groups excluding carboxylic acids is 1. The number of piperidine rings is 1. The molecule has 0 unspecified atom stereocenters. The normalized spacial score (nSPS) is 15.6. The minimum absolute atomic E-state index is 0.0173. The van der Waals surface area contributed by atoms with E-state index in [4.69, 9.17) is 4.74 Å². The van der Waals surface area contributed by atoms with Crippen molar-refractivity contribution in [3.8, 4) is 5.88 Å². The highest BCUT2D eigenvalue weighted by Gasteiger charge is 2.25. The molecule has 0 radical (unpaired) electrons. The molecule has 3 heterocycles. The zero-order valence-electron chi connectivity index (χ0n) is 11.9. The Morgan fingerprint density at radius 1 is 1.27 bits per heavy atom. The van der Waals surface area contributed by atoms with Crippen LogP contribution in [-0.4, -0.2) is 45.0 Å². The smallest absolute Gasteiger partial charge is 0.256 e. The van der Waals surface area contributed by atoms with Gasteiger partial charge >= 0.3 is 0 Å². The first-order chi connectivity index (χ1) is 10.7. The Hall–Kier alpha value is -2.57. The Morgan fingerprint density at radius 2 is 2.00 bits per heavy atom. The lowest BCUT2D eigenvalue weighted by molar-refractivity contribution is 0.0578. The molecular weight excluding hydrogens is 287 g/mol. The summed E-state index contributed by atoms with van der Waals surface area (Å²) >= 11 is 0. The van der Waals surface area contributed by atoms with Crippen LogP contribution < -0.4 is 4.74 Å². The molecule has 3 rings (SSSR count). The number of aromatic nitrogens is 3. The highest BCUT2D eigenvalue weighted by molar-refractivity contribution is 5.93. The van der Waals surface area contributed by atoms with Crippen LogP contribution in [0.15, 0.2) is 37.1 Å². The van der Waals surface area contributed by atoms with E-state index in [1.165, 1.54) is 37.1 Å². The van der Waals surface area contributed by atoms with Crippen molar-refractivity contribution in [2.24, 2.45) is 0 Å². The van der Waals surface area contributed by atoms with E-state index in [1.807, 2.05) is 0 Å². The maximum Gasteiger partial charge on any atom is 0.256 e. The Bertz CT molecular complexity index is 645. The summed E-state index contributed by atoms with van der Waals surface area (Å²) in [7, 11) is 0. The van der Waals surface area contributed by atoms with Gasteiger partial charge in [0.2, 0.25) is 0 Å². The van der Waals surface area contributed by atoms with Crippen molar-refractivity contribution in [3.05, 3.63) is 48.4 Å². The highest BCUT2D eigenvalue weighted by atomic mass is 19.1. The van der Waals surface area contributed by atoms with Gasteiger partial charge < -0.3 is 9.64 Å². The number of rotatable bonds is 3. The number of hydrogen-bond donors (Lipinski definition) is 0. The third kappa shape index (κ3) is 3.19. The van der Waals surface area contributed by atoms with E-state index < -0.39 is 5.82 Å². The molecule has 0 atom stereocenters. The molecule has 0 bridgehead atoms. The predicted octanol–water partition coefficient (Wildman–Crippen LogP) is 1.69. The van der Waals surface area contributed by atoms with E-state index in [9.17, 15) is 9.18 Å². The lowest BCUT2D eigenvalue weighted by Crippen LogP contribution is -2.42. The molecule has 114 valence electrons. The number of halogens is 1. The topological polar surface area (TPSA) is 68.2 Å². The van der Waals surface area contributed by atoms with Crippen molar-refractivity contribution in [1.29, 1.82) is 0 Å². The van der Waals surface area contributed by atoms with E-state index in [0.717, 1.165) is 0 Å². The first-order valence-electron chi connectivity index (χ1n) is 7.05. The number of carbonyl (C=O) groups is 1. The van der Waals surface area contributed by atoms with Gasteiger partial charge in [-0.3, -0.25) is 4.79 Å². The minimum Gasteiger partial charge on any atom is -0.472 e. The van der Waals surface area contributed by atoms with Gasteiger partial charge in [0.05, 0.1) is 5.56 Å². The summed E-state index contributed by atoms with van der Waals surface area (Å²) in [5, 5.41) is 0. The Labute approximate surface area is 127 Å². The molecule has 1 aliphatic rings. The number of hydrogen-bond acceptors (Lipinski definition) is 5. The van der Waals surface area contributed by atoms with Crippen LogP contribution in [0, 0.1) is 5.82 Å². The summed E-state index contributed by atoms with van der Waals surface area (Å²) in [5.74, 6) is -0.547. The number of nitrogens with zero attached hydrogens (tertiary/aromatic N) is 4. The average molecular weight is 302 g/mol. The number of likely N-dealkylation sites (tertiary alicyclic amines) is 1. The molecule has 1 saturated heterocycles. The second-order valence-corrected chi connectivity index (χ2v) is 5.03. The monoisotopic (exact) mass is 302 g/mol. The molecule has 0 spiro atoms. The van der Waals surface area contributed by atoms with Gasteiger partial charge in [-0.2, -0.15) is 0 Å². The SMILES string of the molecule is O=C(c1cncnc1)N1CCC(Oc2ncccc2F)CC1. The van der Waals surface area contributed by atoms with Gasteiger partial charge in [0.1, 0.15) is 12.4 Å². The van der Waals surface area contributed by atoms with E-state index in [-0.39, 0.29) is 17.9 Å². The molecule has 1 aliphatic heterocycles. The van der Waals surface area contributed by atoms with Crippen LogP contribution in [0.1, 0.15) is 23.2 Å². The van der Waals surface area contributed by atoms with Crippen molar-refractivity contribution in [2.45, 2.75) is 18.9 Å². The van der Waals surface area contributed by atoms with Gasteiger partial charge in [-0.05, 0) is 12.1 Å². The van der Waals surface area contributed by atoms with Crippen LogP contribution in [0.2, 0.25) is 0 Å². The van der Waals surface area contributed by atoms with E-state index in [0.29, 0.717) is 31.5 Å². The van der Waals surface area contributed by atoms with E-state index >= 15 is 0 Å². The molecule has 1 amide bonds. The van der Waals surface area contributed by atoms with Crippen LogP contribution in [0.3, 0.4) is 0 Å². The van der Waals surface area contributed by atoms with E-state index in [2.05, 4.69) is 15.0 Å². The minimum atomic E-state index is -0.470. The van der Waals surface area contributed by atoms with Crippen LogP contribution in [-0.2, 0) is 0 Å². The van der Waals surface area contributed by atoms with Crippen molar-refractivity contribution >= 4 is 5.91 Å². The summed E-state index contributed by atoms with van der Waals surface area (Å²) in [5.41, 5.74) is 0.470. The molecule has 0 aliphatic carbocycles. The van der Waals surface area contributed by atoms with Crippen molar-refractivity contribution in [3.63, 3.8) is 0 Å². The van der Waals surface area contributed by atoms with Gasteiger partial charge in [0.25, 0.3) is 11.8 Å². The zero-order valence-corrected chi connectivity index (χ0v) is 11.9. The summed E-state index contributed by atoms with van der Waals surface area (Å²) in [6.07, 6.45) is 7.01. The first-order valence-corrected chi connectivity index (χ1v) is 7.05. The Kier molecular flexibility index (Phi) is 4.22. The van der Waals surface area contributed by atoms with Crippen LogP contribution in [0.5, 0.6) is 5.88 Å². The highest BCUT2D eigenvalue weighted by Crippen LogP contribution is 2.20. The van der Waals surface area contributed by atoms with Crippen LogP contribution >= 0.6 is 0 Å². The fraction of sp³-hybridized carbons (Fsp3) is 0.333. The number of amides is 1. The third-order valence-electron chi connectivity index (χ3n) is 3.54. The quantitative estimate of drug-likeness (QED) is 0.863. The molecule has 0 aromatic carbocycles. The molecule has 6 nitrogen and oxygen atoms in total. The van der Waals surface area contributed by atoms with Crippen molar-refractivity contribution in [2.75, 3.05) is 13.1 Å². The lowest BCUT2D eigenvalue weighted by atomic mass is 10.1. The molecule has 7 heteroatoms. The van der Waals surface area contributed by atoms with Gasteiger partial charge in [-0.25, -0.2) is 19.3 Å². The summed E-state index contributed by atoms with van der Waals surface area (Å²) in [4.78, 5) is 25.6. The largest absolute Gasteiger partial charge is 0.472 e. The van der Waals surface area contributed by atoms with Gasteiger partial charge in [0, 0.05) is 44.5 Å². The molecule has 1 fully saturated rings. The Balaban J connectivity index is 1.57. The van der Waals surface area contributed by atoms with Crippen molar-refractivity contribution in [1.82, 2.24) is 19.9 Å². The fourth-order valence-corrected chi connectivity index (χ4v) is 2.38. The molecule has 22 heavy (non-hydrogen) atoms. The van der Waals surface area contributed by atoms with E-state index in [1.54, 1.807) is 4.90 Å². The second kappa shape index (κ2) is 6.46. The maximum absolute atomic E-state index is 13.5. The van der Waals surface area contributed by atoms with Crippen LogP contribution in [0.25, 0.3) is 0 Å². The molecular formula is C15H15FN4O2. The fourth-order valence-electron chi connectivity index (χ4n) is 2.38. The number of ether oxygens (including phenoxy) is 1. The van der Waals surface area contributed by atoms with Gasteiger partial charge in [0.15, 0.2) is 5.82 Å². The third-order valence-corrected chi connectivity index (χ3v) is 3.54. The average Bonchev–Trinajstić information content (AvgIpc) is 2.58. The zero-order chi connectivity index (χ0) is 15.4. The molecule has 0 N–H and O–H groups in total. The maximum atomic E-state index is 13.5. The summed E-state index contributed by atoms with van der Waals surface area (Å²) < 4.78 is 19.1. The lowest BCUT2D eigenvalue weighted by Gasteiger charge is -2.31. The Morgan fingerprint density at radius 3 is 2.68 bits per heavy atom. The molecule has 2 aromatic heterocycles. The number of pyridine rings is 1. The van der Waals surface area contributed by atoms with Gasteiger partial charge in [-0.15, -0.1) is 0 Å². The first kappa shape index (κ1) is 14.4. The van der Waals surface area contributed by atoms with Crippen LogP contribution in [0.4, 0.5) is 4.39 Å².